The first-order chi connectivity index (χ1) is 13.2. The van der Waals surface area contributed by atoms with E-state index in [9.17, 15) is 4.79 Å². The van der Waals surface area contributed by atoms with Gasteiger partial charge < -0.3 is 10.1 Å². The fourth-order valence-corrected chi connectivity index (χ4v) is 4.42. The van der Waals surface area contributed by atoms with Gasteiger partial charge in [0.05, 0.1) is 6.20 Å². The van der Waals surface area contributed by atoms with Gasteiger partial charge >= 0.3 is 0 Å². The number of pyridine rings is 1. The predicted molar refractivity (Wildman–Crippen MR) is 101 cm³/mol. The number of carbonyl (C=O) groups excluding carboxylic acids is 1. The first kappa shape index (κ1) is 17.5. The minimum Gasteiger partial charge on any atom is -0.473 e. The molecule has 4 rings (SSSR count). The van der Waals surface area contributed by atoms with E-state index in [1.807, 2.05) is 11.3 Å². The molecule has 7 nitrogen and oxygen atoms in total. The van der Waals surface area contributed by atoms with Gasteiger partial charge in [0.1, 0.15) is 33.8 Å². The minimum absolute atomic E-state index is 0.0220. The maximum atomic E-state index is 12.6. The molecule has 1 amide bonds. The normalized spacial score (nSPS) is 19.6. The second-order valence-electron chi connectivity index (χ2n) is 6.65. The summed E-state index contributed by atoms with van der Waals surface area (Å²) in [5.41, 5.74) is 1.37. The van der Waals surface area contributed by atoms with Crippen LogP contribution in [0.4, 0.5) is 0 Å². The quantitative estimate of drug-likeness (QED) is 0.750. The highest BCUT2D eigenvalue weighted by molar-refractivity contribution is 7.19. The molecule has 0 saturated heterocycles. The predicted octanol–water partition coefficient (Wildman–Crippen LogP) is 3.09. The van der Waals surface area contributed by atoms with Gasteiger partial charge in [0, 0.05) is 17.9 Å². The average Bonchev–Trinajstić information content (AvgIpc) is 3.27. The van der Waals surface area contributed by atoms with Crippen molar-refractivity contribution in [3.05, 3.63) is 47.0 Å². The van der Waals surface area contributed by atoms with Crippen molar-refractivity contribution in [3.8, 4) is 11.9 Å². The van der Waals surface area contributed by atoms with Gasteiger partial charge in [-0.15, -0.1) is 11.3 Å². The Bertz CT molecular complexity index is 1010. The van der Waals surface area contributed by atoms with Gasteiger partial charge in [0.15, 0.2) is 0 Å². The van der Waals surface area contributed by atoms with Crippen molar-refractivity contribution in [3.63, 3.8) is 0 Å². The largest absolute Gasteiger partial charge is 0.473 e. The van der Waals surface area contributed by atoms with E-state index >= 15 is 0 Å². The highest BCUT2D eigenvalue weighted by Crippen LogP contribution is 2.26. The molecule has 3 heterocycles. The van der Waals surface area contributed by atoms with Crippen LogP contribution in [0.3, 0.4) is 0 Å². The summed E-state index contributed by atoms with van der Waals surface area (Å²) in [6.45, 7) is 1.93. The fraction of sp³-hybridized carbons (Fsp3) is 0.368. The Labute approximate surface area is 160 Å². The van der Waals surface area contributed by atoms with Gasteiger partial charge in [-0.25, -0.2) is 9.97 Å². The van der Waals surface area contributed by atoms with Gasteiger partial charge in [-0.05, 0) is 44.7 Å². The van der Waals surface area contributed by atoms with Gasteiger partial charge in [0.25, 0.3) is 5.91 Å². The molecule has 0 bridgehead atoms. The molecule has 0 spiro atoms. The summed E-state index contributed by atoms with van der Waals surface area (Å²) in [4.78, 5) is 22.6. The number of hydrogen-bond acceptors (Lipinski definition) is 6. The second-order valence-corrected chi connectivity index (χ2v) is 7.68. The van der Waals surface area contributed by atoms with Crippen LogP contribution in [-0.2, 0) is 0 Å². The standard InChI is InChI=1S/C19H19N5O2S/c1-12-17(27-16-10-21-11-24(12)16)18(25)23-14-4-6-15(7-5-14)26-19-13(9-20)3-2-8-22-19/h2-3,8,10-11,14-15H,4-7H2,1H3,(H,23,25). The summed E-state index contributed by atoms with van der Waals surface area (Å²) in [5.74, 6) is 0.369. The Hall–Kier alpha value is -2.92. The van der Waals surface area contributed by atoms with Gasteiger partial charge in [-0.3, -0.25) is 9.20 Å². The van der Waals surface area contributed by atoms with E-state index in [-0.39, 0.29) is 18.1 Å². The molecule has 1 aliphatic rings. The van der Waals surface area contributed by atoms with E-state index in [2.05, 4.69) is 21.4 Å². The van der Waals surface area contributed by atoms with Gasteiger partial charge in [-0.1, -0.05) is 0 Å². The number of hydrogen-bond donors (Lipinski definition) is 1. The third-order valence-electron chi connectivity index (χ3n) is 4.89. The lowest BCUT2D eigenvalue weighted by Gasteiger charge is -2.29. The fourth-order valence-electron chi connectivity index (χ4n) is 3.41. The summed E-state index contributed by atoms with van der Waals surface area (Å²) in [5, 5.41) is 12.3. The summed E-state index contributed by atoms with van der Waals surface area (Å²) in [6.07, 6.45) is 8.48. The maximum Gasteiger partial charge on any atom is 0.263 e. The Morgan fingerprint density at radius 2 is 2.22 bits per heavy atom. The van der Waals surface area contributed by atoms with Crippen molar-refractivity contribution in [2.24, 2.45) is 0 Å². The number of fused-ring (bicyclic) bond motifs is 1. The van der Waals surface area contributed by atoms with Crippen LogP contribution in [0.1, 0.15) is 46.6 Å². The topological polar surface area (TPSA) is 92.3 Å². The monoisotopic (exact) mass is 381 g/mol. The summed E-state index contributed by atoms with van der Waals surface area (Å²) in [7, 11) is 0. The zero-order valence-corrected chi connectivity index (χ0v) is 15.7. The van der Waals surface area contributed by atoms with E-state index in [0.717, 1.165) is 41.1 Å². The van der Waals surface area contributed by atoms with Crippen molar-refractivity contribution in [2.75, 3.05) is 0 Å². The Morgan fingerprint density at radius 3 is 2.96 bits per heavy atom. The lowest BCUT2D eigenvalue weighted by molar-refractivity contribution is 0.0893. The number of aromatic nitrogens is 3. The van der Waals surface area contributed by atoms with Crippen LogP contribution < -0.4 is 10.1 Å². The van der Waals surface area contributed by atoms with E-state index < -0.39 is 0 Å². The number of nitrogens with zero attached hydrogens (tertiary/aromatic N) is 4. The van der Waals surface area contributed by atoms with E-state index in [1.165, 1.54) is 11.3 Å². The number of thiazole rings is 1. The van der Waals surface area contributed by atoms with Gasteiger partial charge in [0.2, 0.25) is 5.88 Å². The van der Waals surface area contributed by atoms with Crippen LogP contribution in [0.25, 0.3) is 4.83 Å². The number of rotatable bonds is 4. The number of carbonyl (C=O) groups is 1. The molecule has 0 atom stereocenters. The molecule has 1 saturated carbocycles. The molecular weight excluding hydrogens is 362 g/mol. The highest BCUT2D eigenvalue weighted by Gasteiger charge is 2.26. The first-order valence-corrected chi connectivity index (χ1v) is 9.71. The Balaban J connectivity index is 1.34. The van der Waals surface area contributed by atoms with E-state index in [0.29, 0.717) is 11.4 Å². The zero-order valence-electron chi connectivity index (χ0n) is 14.9. The average molecular weight is 381 g/mol. The molecular formula is C19H19N5O2S. The SMILES string of the molecule is Cc1c(C(=O)NC2CCC(Oc3ncccc3C#N)CC2)sc2cncn12. The van der Waals surface area contributed by atoms with Crippen LogP contribution in [0, 0.1) is 18.3 Å². The van der Waals surface area contributed by atoms with Crippen LogP contribution >= 0.6 is 11.3 Å². The molecule has 138 valence electrons. The van der Waals surface area contributed by atoms with Crippen molar-refractivity contribution >= 4 is 22.1 Å². The van der Waals surface area contributed by atoms with Crippen molar-refractivity contribution in [2.45, 2.75) is 44.8 Å². The first-order valence-electron chi connectivity index (χ1n) is 8.90. The molecule has 1 aliphatic carbocycles. The van der Waals surface area contributed by atoms with Crippen LogP contribution in [0.2, 0.25) is 0 Å². The summed E-state index contributed by atoms with van der Waals surface area (Å²) < 4.78 is 7.84. The van der Waals surface area contributed by atoms with Gasteiger partial charge in [-0.2, -0.15) is 5.26 Å². The molecule has 27 heavy (non-hydrogen) atoms. The lowest BCUT2D eigenvalue weighted by Crippen LogP contribution is -2.39. The van der Waals surface area contributed by atoms with Crippen LogP contribution in [0.15, 0.2) is 30.9 Å². The number of ether oxygens (including phenoxy) is 1. The Morgan fingerprint density at radius 1 is 1.41 bits per heavy atom. The summed E-state index contributed by atoms with van der Waals surface area (Å²) >= 11 is 1.46. The molecule has 0 unspecified atom stereocenters. The smallest absolute Gasteiger partial charge is 0.263 e. The molecule has 8 heteroatoms. The number of nitriles is 1. The number of aryl methyl sites for hydroxylation is 1. The molecule has 3 aromatic rings. The molecule has 0 radical (unpaired) electrons. The second kappa shape index (κ2) is 7.37. The van der Waals surface area contributed by atoms with Crippen LogP contribution in [-0.4, -0.2) is 32.4 Å². The molecule has 1 N–H and O–H groups in total. The Kier molecular flexibility index (Phi) is 4.77. The van der Waals surface area contributed by atoms with E-state index in [4.69, 9.17) is 10.00 Å². The van der Waals surface area contributed by atoms with Crippen molar-refractivity contribution in [1.29, 1.82) is 5.26 Å². The lowest BCUT2D eigenvalue weighted by atomic mass is 9.93. The third kappa shape index (κ3) is 3.51. The summed E-state index contributed by atoms with van der Waals surface area (Å²) in [6, 6.07) is 5.66. The molecule has 3 aromatic heterocycles. The zero-order chi connectivity index (χ0) is 18.8. The molecule has 1 fully saturated rings. The van der Waals surface area contributed by atoms with Crippen molar-refractivity contribution in [1.82, 2.24) is 19.7 Å². The highest BCUT2D eigenvalue weighted by atomic mass is 32.1. The third-order valence-corrected chi connectivity index (χ3v) is 6.08. The van der Waals surface area contributed by atoms with Crippen molar-refractivity contribution < 1.29 is 9.53 Å². The molecule has 0 aliphatic heterocycles. The number of amides is 1. The maximum absolute atomic E-state index is 12.6. The number of nitrogens with one attached hydrogen (secondary N) is 1. The number of imidazole rings is 1. The molecule has 0 aromatic carbocycles. The van der Waals surface area contributed by atoms with Crippen LogP contribution in [0.5, 0.6) is 5.88 Å². The minimum atomic E-state index is -0.0259. The van der Waals surface area contributed by atoms with E-state index in [1.54, 1.807) is 30.9 Å².